The molecule has 2 heterocycles. The highest BCUT2D eigenvalue weighted by atomic mass is 35.5. The van der Waals surface area contributed by atoms with Gasteiger partial charge in [-0.1, -0.05) is 41.9 Å². The lowest BCUT2D eigenvalue weighted by atomic mass is 9.71. The van der Waals surface area contributed by atoms with E-state index in [1.165, 1.54) is 30.6 Å². The van der Waals surface area contributed by atoms with Gasteiger partial charge < -0.3 is 14.7 Å². The summed E-state index contributed by atoms with van der Waals surface area (Å²) in [4.78, 5) is 7.26. The largest absolute Gasteiger partial charge is 0.481 e. The minimum absolute atomic E-state index is 0.145. The minimum Gasteiger partial charge on any atom is -0.481 e. The highest BCUT2D eigenvalue weighted by Crippen LogP contribution is 2.48. The maximum absolute atomic E-state index is 14.4. The Morgan fingerprint density at radius 1 is 1.09 bits per heavy atom. The van der Waals surface area contributed by atoms with Gasteiger partial charge in [0.05, 0.1) is 11.4 Å². The Morgan fingerprint density at radius 2 is 1.76 bits per heavy atom. The Bertz CT molecular complexity index is 1280. The number of benzene rings is 2. The van der Waals surface area contributed by atoms with E-state index in [4.69, 9.17) is 16.3 Å². The van der Waals surface area contributed by atoms with Crippen LogP contribution in [0, 0.1) is 11.6 Å². The van der Waals surface area contributed by atoms with Gasteiger partial charge in [-0.3, -0.25) is 0 Å². The average molecular weight is 503 g/mol. The zero-order valence-corrected chi connectivity index (χ0v) is 20.6. The van der Waals surface area contributed by atoms with Crippen LogP contribution in [0.2, 0.25) is 4.34 Å². The number of rotatable bonds is 8. The van der Waals surface area contributed by atoms with Gasteiger partial charge in [-0.15, -0.1) is 11.3 Å². The van der Waals surface area contributed by atoms with Crippen molar-refractivity contribution in [2.24, 2.45) is 0 Å². The highest BCUT2D eigenvalue weighted by molar-refractivity contribution is 7.22. The molecule has 0 radical (unpaired) electrons. The monoisotopic (exact) mass is 502 g/mol. The quantitative estimate of drug-likeness (QED) is 0.311. The molecule has 1 N–H and O–H groups in total. The number of hydrogen-bond acceptors (Lipinski definition) is 5. The van der Waals surface area contributed by atoms with E-state index in [-0.39, 0.29) is 12.0 Å². The predicted octanol–water partition coefficient (Wildman–Crippen LogP) is 6.21. The van der Waals surface area contributed by atoms with Crippen LogP contribution >= 0.6 is 22.9 Å². The van der Waals surface area contributed by atoms with Crippen LogP contribution in [0.3, 0.4) is 0 Å². The van der Waals surface area contributed by atoms with Gasteiger partial charge in [0.2, 0.25) is 5.88 Å². The maximum atomic E-state index is 14.4. The second-order valence-electron chi connectivity index (χ2n) is 8.51. The molecule has 0 saturated heterocycles. The smallest absolute Gasteiger partial charge is 0.218 e. The van der Waals surface area contributed by atoms with E-state index in [2.05, 4.69) is 4.98 Å². The van der Waals surface area contributed by atoms with E-state index in [0.29, 0.717) is 27.2 Å². The number of pyridine rings is 1. The second-order valence-corrected chi connectivity index (χ2v) is 10.2. The van der Waals surface area contributed by atoms with E-state index >= 15 is 0 Å². The molecule has 0 aliphatic carbocycles. The molecule has 34 heavy (non-hydrogen) atoms. The first-order valence-electron chi connectivity index (χ1n) is 10.7. The molecule has 0 saturated carbocycles. The van der Waals surface area contributed by atoms with Crippen LogP contribution in [0.15, 0.2) is 60.7 Å². The summed E-state index contributed by atoms with van der Waals surface area (Å²) in [5.41, 5.74) is -0.182. The Hall–Kier alpha value is -2.58. The fourth-order valence-electron chi connectivity index (χ4n) is 4.32. The van der Waals surface area contributed by atoms with Gasteiger partial charge in [0.25, 0.3) is 0 Å². The van der Waals surface area contributed by atoms with Crippen LogP contribution in [0.25, 0.3) is 10.2 Å². The third kappa shape index (κ3) is 4.93. The summed E-state index contributed by atoms with van der Waals surface area (Å²) in [6, 6.07) is 16.2. The van der Waals surface area contributed by atoms with Crippen LogP contribution in [0.5, 0.6) is 5.88 Å². The van der Waals surface area contributed by atoms with Crippen molar-refractivity contribution in [1.82, 2.24) is 9.88 Å². The molecule has 0 aliphatic rings. The van der Waals surface area contributed by atoms with Gasteiger partial charge in [0, 0.05) is 29.5 Å². The topological polar surface area (TPSA) is 45.6 Å². The zero-order valence-electron chi connectivity index (χ0n) is 19.1. The number of nitrogens with zero attached hydrogens (tertiary/aromatic N) is 2. The summed E-state index contributed by atoms with van der Waals surface area (Å²) >= 11 is 7.56. The molecule has 178 valence electrons. The lowest BCUT2D eigenvalue weighted by Crippen LogP contribution is -2.38. The molecule has 0 fully saturated rings. The van der Waals surface area contributed by atoms with Crippen LogP contribution in [0.1, 0.15) is 29.0 Å². The van der Waals surface area contributed by atoms with Gasteiger partial charge in [-0.05, 0) is 55.9 Å². The van der Waals surface area contributed by atoms with Crippen LogP contribution in [0.4, 0.5) is 8.78 Å². The first kappa shape index (κ1) is 24.5. The zero-order chi connectivity index (χ0) is 24.5. The molecule has 2 atom stereocenters. The van der Waals surface area contributed by atoms with E-state index in [1.807, 2.05) is 55.4 Å². The number of hydrogen-bond donors (Lipinski definition) is 1. The average Bonchev–Trinajstić information content (AvgIpc) is 3.16. The van der Waals surface area contributed by atoms with Crippen LogP contribution < -0.4 is 4.74 Å². The Kier molecular flexibility index (Phi) is 7.19. The summed E-state index contributed by atoms with van der Waals surface area (Å²) in [5, 5.41) is 13.2. The fraction of sp³-hybridized carbons (Fsp3) is 0.269. The molecule has 0 aliphatic heterocycles. The van der Waals surface area contributed by atoms with Gasteiger partial charge in [0.15, 0.2) is 0 Å². The van der Waals surface area contributed by atoms with Crippen molar-refractivity contribution in [1.29, 1.82) is 0 Å². The number of fused-ring (bicyclic) bond motifs is 1. The molecule has 8 heteroatoms. The molecule has 0 bridgehead atoms. The number of ether oxygens (including phenoxy) is 1. The van der Waals surface area contributed by atoms with Gasteiger partial charge in [-0.2, -0.15) is 0 Å². The third-order valence-electron chi connectivity index (χ3n) is 5.89. The van der Waals surface area contributed by atoms with E-state index in [9.17, 15) is 13.9 Å². The van der Waals surface area contributed by atoms with Crippen LogP contribution in [-0.2, 0) is 5.60 Å². The van der Waals surface area contributed by atoms with Crippen molar-refractivity contribution in [3.63, 3.8) is 0 Å². The summed E-state index contributed by atoms with van der Waals surface area (Å²) < 4.78 is 35.0. The SMILES string of the molecule is COc1nc2sc(Cl)cc2cc1C(c1ccccc1)C(O)(CCN(C)C)c1cc(F)cc(F)c1. The number of methoxy groups -OCH3 is 1. The number of thiophene rings is 1. The molecular formula is C26H25ClF2N2O2S. The summed E-state index contributed by atoms with van der Waals surface area (Å²) in [6.45, 7) is 0.472. The van der Waals surface area contributed by atoms with Crippen molar-refractivity contribution in [3.05, 3.63) is 93.3 Å². The summed E-state index contributed by atoms with van der Waals surface area (Å²) in [6.07, 6.45) is 0.202. The third-order valence-corrected chi connectivity index (χ3v) is 7.06. The second kappa shape index (κ2) is 9.96. The molecule has 2 unspecified atom stereocenters. The normalized spacial score (nSPS) is 14.4. The molecule has 4 rings (SSSR count). The summed E-state index contributed by atoms with van der Waals surface area (Å²) in [7, 11) is 5.27. The van der Waals surface area contributed by atoms with Crippen LogP contribution in [-0.4, -0.2) is 42.7 Å². The first-order valence-corrected chi connectivity index (χ1v) is 11.9. The predicted molar refractivity (Wildman–Crippen MR) is 133 cm³/mol. The van der Waals surface area contributed by atoms with E-state index in [1.54, 1.807) is 6.07 Å². The number of aliphatic hydroxyl groups is 1. The highest BCUT2D eigenvalue weighted by Gasteiger charge is 2.43. The van der Waals surface area contributed by atoms with E-state index < -0.39 is 23.2 Å². The summed E-state index contributed by atoms with van der Waals surface area (Å²) in [5.74, 6) is -1.93. The van der Waals surface area contributed by atoms with Gasteiger partial charge in [-0.25, -0.2) is 13.8 Å². The van der Waals surface area contributed by atoms with Crippen molar-refractivity contribution in [3.8, 4) is 5.88 Å². The Balaban J connectivity index is 2.02. The number of halogens is 3. The van der Waals surface area contributed by atoms with Crippen molar-refractivity contribution < 1.29 is 18.6 Å². The van der Waals surface area contributed by atoms with E-state index in [0.717, 1.165) is 17.0 Å². The fourth-order valence-corrected chi connectivity index (χ4v) is 5.39. The van der Waals surface area contributed by atoms with Crippen molar-refractivity contribution in [2.75, 3.05) is 27.7 Å². The molecule has 2 aromatic heterocycles. The standard InChI is InChI=1S/C26H25ClF2N2O2S/c1-31(2)10-9-26(32,18-13-19(28)15-20(29)14-18)23(16-7-5-4-6-8-16)21-11-17-12-22(27)34-25(17)30-24(21)33-3/h4-8,11-15,23,32H,9-10H2,1-3H3. The Labute approximate surface area is 206 Å². The maximum Gasteiger partial charge on any atom is 0.218 e. The molecule has 0 spiro atoms. The Morgan fingerprint density at radius 3 is 2.38 bits per heavy atom. The molecule has 4 nitrogen and oxygen atoms in total. The van der Waals surface area contributed by atoms with Gasteiger partial charge >= 0.3 is 0 Å². The lowest BCUT2D eigenvalue weighted by Gasteiger charge is -2.38. The molecular weight excluding hydrogens is 478 g/mol. The molecule has 0 amide bonds. The first-order chi connectivity index (χ1) is 16.2. The molecule has 4 aromatic rings. The minimum atomic E-state index is -1.68. The van der Waals surface area contributed by atoms with Crippen molar-refractivity contribution in [2.45, 2.75) is 17.9 Å². The lowest BCUT2D eigenvalue weighted by molar-refractivity contribution is 0.00326. The molecule has 2 aromatic carbocycles. The van der Waals surface area contributed by atoms with Crippen molar-refractivity contribution >= 4 is 33.2 Å². The van der Waals surface area contributed by atoms with Gasteiger partial charge in [0.1, 0.15) is 22.1 Å². The number of aromatic nitrogens is 1.